The Morgan fingerprint density at radius 3 is 2.65 bits per heavy atom. The van der Waals surface area contributed by atoms with Crippen molar-refractivity contribution >= 4 is 17.7 Å². The molecular weight excluding hydrogens is 302 g/mol. The highest BCUT2D eigenvalue weighted by Gasteiger charge is 2.15. The normalized spacial score (nSPS) is 11.8. The number of thioether (sulfide) groups is 1. The Bertz CT molecular complexity index is 709. The van der Waals surface area contributed by atoms with E-state index >= 15 is 0 Å². The van der Waals surface area contributed by atoms with Crippen LogP contribution in [0.15, 0.2) is 60.0 Å². The number of benzene rings is 2. The van der Waals surface area contributed by atoms with Crippen LogP contribution in [-0.2, 0) is 0 Å². The van der Waals surface area contributed by atoms with Crippen LogP contribution in [-0.4, -0.2) is 11.7 Å². The maximum atomic E-state index is 12.6. The molecule has 0 bridgehead atoms. The van der Waals surface area contributed by atoms with E-state index in [-0.39, 0.29) is 11.9 Å². The first kappa shape index (κ1) is 17.4. The second kappa shape index (κ2) is 8.02. The lowest BCUT2D eigenvalue weighted by molar-refractivity contribution is 0.0937. The minimum absolute atomic E-state index is 0.0285. The van der Waals surface area contributed by atoms with E-state index in [1.54, 1.807) is 11.8 Å². The molecule has 0 radical (unpaired) electrons. The number of amides is 1. The summed E-state index contributed by atoms with van der Waals surface area (Å²) in [5.41, 5.74) is 4.34. The molecule has 0 spiro atoms. The smallest absolute Gasteiger partial charge is 0.252 e. The van der Waals surface area contributed by atoms with Crippen LogP contribution in [0.2, 0.25) is 0 Å². The van der Waals surface area contributed by atoms with Crippen molar-refractivity contribution < 1.29 is 4.79 Å². The molecule has 0 aromatic heterocycles. The average Bonchev–Trinajstić information content (AvgIpc) is 2.55. The van der Waals surface area contributed by atoms with Crippen LogP contribution in [0, 0.1) is 13.8 Å². The third kappa shape index (κ3) is 4.49. The van der Waals surface area contributed by atoms with E-state index in [1.165, 1.54) is 11.1 Å². The lowest BCUT2D eigenvalue weighted by Crippen LogP contribution is -2.27. The Kier molecular flexibility index (Phi) is 6.05. The molecule has 0 aliphatic rings. The summed E-state index contributed by atoms with van der Waals surface area (Å²) in [6, 6.07) is 14.0. The van der Waals surface area contributed by atoms with E-state index in [9.17, 15) is 4.79 Å². The number of carbonyl (C=O) groups is 1. The fourth-order valence-electron chi connectivity index (χ4n) is 2.32. The molecule has 0 aliphatic carbocycles. The average molecular weight is 325 g/mol. The lowest BCUT2D eigenvalue weighted by atomic mass is 10.0. The molecule has 2 nitrogen and oxygen atoms in total. The van der Waals surface area contributed by atoms with Crippen molar-refractivity contribution in [2.45, 2.75) is 31.7 Å². The summed E-state index contributed by atoms with van der Waals surface area (Å²) in [7, 11) is 0. The highest BCUT2D eigenvalue weighted by molar-refractivity contribution is 7.99. The van der Waals surface area contributed by atoms with Crippen LogP contribution in [0.4, 0.5) is 0 Å². The van der Waals surface area contributed by atoms with E-state index in [0.717, 1.165) is 21.8 Å². The second-order valence-electron chi connectivity index (χ2n) is 5.63. The molecule has 120 valence electrons. The van der Waals surface area contributed by atoms with Gasteiger partial charge in [-0.2, -0.15) is 0 Å². The summed E-state index contributed by atoms with van der Waals surface area (Å²) in [6.45, 7) is 9.93. The first-order valence-electron chi connectivity index (χ1n) is 7.73. The molecule has 0 unspecified atom stereocenters. The molecule has 1 amide bonds. The van der Waals surface area contributed by atoms with Crippen molar-refractivity contribution in [1.82, 2.24) is 5.32 Å². The quantitative estimate of drug-likeness (QED) is 0.593. The fraction of sp³-hybridized carbons (Fsp3) is 0.250. The Hall–Kier alpha value is -2.00. The zero-order chi connectivity index (χ0) is 16.8. The summed E-state index contributed by atoms with van der Waals surface area (Å²) >= 11 is 1.62. The molecule has 1 N–H and O–H groups in total. The van der Waals surface area contributed by atoms with Crippen molar-refractivity contribution in [3.63, 3.8) is 0 Å². The number of rotatable bonds is 6. The zero-order valence-electron chi connectivity index (χ0n) is 13.9. The molecule has 2 aromatic carbocycles. The van der Waals surface area contributed by atoms with Crippen molar-refractivity contribution in [3.8, 4) is 0 Å². The molecule has 2 aromatic rings. The SMILES string of the molecule is C=CCSc1ccccc1C(=O)N[C@@H](C)c1ccc(C)c(C)c1. The monoisotopic (exact) mass is 325 g/mol. The Labute approximate surface area is 143 Å². The van der Waals surface area contributed by atoms with Gasteiger partial charge in [0.25, 0.3) is 5.91 Å². The molecule has 1 atom stereocenters. The number of aryl methyl sites for hydroxylation is 2. The molecule has 0 fully saturated rings. The Balaban J connectivity index is 2.15. The van der Waals surface area contributed by atoms with Gasteiger partial charge in [0, 0.05) is 10.6 Å². The van der Waals surface area contributed by atoms with Crippen molar-refractivity contribution in [2.24, 2.45) is 0 Å². The summed E-state index contributed by atoms with van der Waals surface area (Å²) in [5, 5.41) is 3.10. The molecule has 0 saturated carbocycles. The highest BCUT2D eigenvalue weighted by Crippen LogP contribution is 2.24. The third-order valence-electron chi connectivity index (χ3n) is 3.87. The third-order valence-corrected chi connectivity index (χ3v) is 4.94. The van der Waals surface area contributed by atoms with E-state index in [2.05, 4.69) is 43.9 Å². The van der Waals surface area contributed by atoms with Gasteiger partial charge in [0.2, 0.25) is 0 Å². The largest absolute Gasteiger partial charge is 0.345 e. The van der Waals surface area contributed by atoms with Gasteiger partial charge in [-0.1, -0.05) is 36.4 Å². The van der Waals surface area contributed by atoms with Gasteiger partial charge >= 0.3 is 0 Å². The number of nitrogens with one attached hydrogen (secondary N) is 1. The summed E-state index contributed by atoms with van der Waals surface area (Å²) in [6.07, 6.45) is 1.84. The van der Waals surface area contributed by atoms with Crippen LogP contribution < -0.4 is 5.32 Å². The van der Waals surface area contributed by atoms with Gasteiger partial charge in [-0.25, -0.2) is 0 Å². The van der Waals surface area contributed by atoms with Crippen LogP contribution in [0.3, 0.4) is 0 Å². The molecular formula is C20H23NOS. The minimum Gasteiger partial charge on any atom is -0.345 e. The maximum absolute atomic E-state index is 12.6. The van der Waals surface area contributed by atoms with Crippen molar-refractivity contribution in [2.75, 3.05) is 5.75 Å². The summed E-state index contributed by atoms with van der Waals surface area (Å²) in [5.74, 6) is 0.750. The van der Waals surface area contributed by atoms with Crippen molar-refractivity contribution in [3.05, 3.63) is 77.4 Å². The van der Waals surface area contributed by atoms with Crippen LogP contribution in [0.25, 0.3) is 0 Å². The van der Waals surface area contributed by atoms with E-state index in [0.29, 0.717) is 0 Å². The topological polar surface area (TPSA) is 29.1 Å². The van der Waals surface area contributed by atoms with Gasteiger partial charge in [0.15, 0.2) is 0 Å². The first-order chi connectivity index (χ1) is 11.0. The zero-order valence-corrected chi connectivity index (χ0v) is 14.7. The van der Waals surface area contributed by atoms with Gasteiger partial charge in [0.05, 0.1) is 11.6 Å². The van der Waals surface area contributed by atoms with Crippen LogP contribution in [0.1, 0.15) is 40.0 Å². The second-order valence-corrected chi connectivity index (χ2v) is 6.70. The number of hydrogen-bond acceptors (Lipinski definition) is 2. The Morgan fingerprint density at radius 1 is 1.22 bits per heavy atom. The molecule has 23 heavy (non-hydrogen) atoms. The number of hydrogen-bond donors (Lipinski definition) is 1. The standard InChI is InChI=1S/C20H23NOS/c1-5-12-23-19-9-7-6-8-18(19)20(22)21-16(4)17-11-10-14(2)15(3)13-17/h5-11,13,16H,1,12H2,2-4H3,(H,21,22)/t16-/m0/s1. The van der Waals surface area contributed by atoms with Gasteiger partial charge in [-0.3, -0.25) is 4.79 Å². The Morgan fingerprint density at radius 2 is 1.96 bits per heavy atom. The van der Waals surface area contributed by atoms with Gasteiger partial charge < -0.3 is 5.32 Å². The van der Waals surface area contributed by atoms with Crippen LogP contribution >= 0.6 is 11.8 Å². The molecule has 0 aliphatic heterocycles. The van der Waals surface area contributed by atoms with Gasteiger partial charge in [0.1, 0.15) is 0 Å². The lowest BCUT2D eigenvalue weighted by Gasteiger charge is -2.17. The summed E-state index contributed by atoms with van der Waals surface area (Å²) < 4.78 is 0. The molecule has 0 heterocycles. The number of carbonyl (C=O) groups excluding carboxylic acids is 1. The predicted octanol–water partition coefficient (Wildman–Crippen LogP) is 5.07. The fourth-order valence-corrected chi connectivity index (χ4v) is 3.11. The minimum atomic E-state index is -0.0390. The maximum Gasteiger partial charge on any atom is 0.252 e. The van der Waals surface area contributed by atoms with Crippen LogP contribution in [0.5, 0.6) is 0 Å². The predicted molar refractivity (Wildman–Crippen MR) is 99.2 cm³/mol. The highest BCUT2D eigenvalue weighted by atomic mass is 32.2. The van der Waals surface area contributed by atoms with Gasteiger partial charge in [-0.15, -0.1) is 18.3 Å². The van der Waals surface area contributed by atoms with E-state index < -0.39 is 0 Å². The first-order valence-corrected chi connectivity index (χ1v) is 8.72. The molecule has 3 heteroatoms. The van der Waals surface area contributed by atoms with Crippen molar-refractivity contribution in [1.29, 1.82) is 0 Å². The summed E-state index contributed by atoms with van der Waals surface area (Å²) in [4.78, 5) is 13.6. The molecule has 0 saturated heterocycles. The molecule has 2 rings (SSSR count). The van der Waals surface area contributed by atoms with Gasteiger partial charge in [-0.05, 0) is 49.6 Å². The van der Waals surface area contributed by atoms with E-state index in [4.69, 9.17) is 0 Å². The van der Waals surface area contributed by atoms with E-state index in [1.807, 2.05) is 37.3 Å².